The van der Waals surface area contributed by atoms with Crippen molar-refractivity contribution < 1.29 is 9.21 Å². The zero-order valence-corrected chi connectivity index (χ0v) is 11.1. The number of carbonyl (C=O) groups excluding carboxylic acids is 1. The highest BCUT2D eigenvalue weighted by atomic mass is 16.3. The quantitative estimate of drug-likeness (QED) is 0.899. The molecule has 0 unspecified atom stereocenters. The molecule has 0 fully saturated rings. The van der Waals surface area contributed by atoms with Crippen LogP contribution in [0.15, 0.2) is 33.5 Å². The normalized spacial score (nSPS) is 11.1. The maximum Gasteiger partial charge on any atom is 0.287 e. The van der Waals surface area contributed by atoms with Gasteiger partial charge in [-0.2, -0.15) is 0 Å². The van der Waals surface area contributed by atoms with Crippen LogP contribution in [0.2, 0.25) is 0 Å². The van der Waals surface area contributed by atoms with E-state index >= 15 is 0 Å². The number of hydrogen-bond acceptors (Lipinski definition) is 3. The zero-order valence-electron chi connectivity index (χ0n) is 11.1. The van der Waals surface area contributed by atoms with Crippen molar-refractivity contribution in [2.24, 2.45) is 0 Å². The third-order valence-electron chi connectivity index (χ3n) is 2.95. The maximum absolute atomic E-state index is 12.3. The van der Waals surface area contributed by atoms with Crippen LogP contribution >= 0.6 is 0 Å². The molecule has 1 N–H and O–H groups in total. The summed E-state index contributed by atoms with van der Waals surface area (Å²) < 4.78 is 5.65. The van der Waals surface area contributed by atoms with Crippen molar-refractivity contribution in [2.75, 3.05) is 7.05 Å². The number of hydrogen-bond donors (Lipinski definition) is 1. The van der Waals surface area contributed by atoms with E-state index in [1.165, 1.54) is 7.05 Å². The van der Waals surface area contributed by atoms with E-state index in [0.29, 0.717) is 16.5 Å². The topological polar surface area (TPSA) is 59.3 Å². The number of benzene rings is 1. The van der Waals surface area contributed by atoms with Crippen LogP contribution in [-0.2, 0) is 0 Å². The molecule has 0 aliphatic rings. The molecule has 4 nitrogen and oxygen atoms in total. The molecule has 4 heteroatoms. The van der Waals surface area contributed by atoms with Crippen LogP contribution in [0.5, 0.6) is 0 Å². The molecule has 2 rings (SSSR count). The van der Waals surface area contributed by atoms with Gasteiger partial charge in [-0.1, -0.05) is 24.3 Å². The second-order valence-corrected chi connectivity index (χ2v) is 4.19. The molecule has 1 aromatic heterocycles. The zero-order chi connectivity index (χ0) is 14.0. The van der Waals surface area contributed by atoms with Gasteiger partial charge >= 0.3 is 0 Å². The molecule has 2 aromatic rings. The molecule has 0 aliphatic carbocycles. The van der Waals surface area contributed by atoms with Crippen molar-refractivity contribution >= 4 is 23.0 Å². The van der Waals surface area contributed by atoms with Crippen molar-refractivity contribution in [1.29, 1.82) is 0 Å². The van der Waals surface area contributed by atoms with Crippen LogP contribution in [0, 0.1) is 6.92 Å². The molecule has 0 bridgehead atoms. The average molecular weight is 257 g/mol. The molecule has 1 heterocycles. The summed E-state index contributed by atoms with van der Waals surface area (Å²) in [5, 5.41) is 2.96. The lowest BCUT2D eigenvalue weighted by molar-refractivity contribution is 0.0935. The number of fused-ring (bicyclic) bond motifs is 1. The van der Waals surface area contributed by atoms with Crippen molar-refractivity contribution in [3.05, 3.63) is 51.4 Å². The van der Waals surface area contributed by atoms with Crippen molar-refractivity contribution in [1.82, 2.24) is 5.32 Å². The highest BCUT2D eigenvalue weighted by Crippen LogP contribution is 2.20. The van der Waals surface area contributed by atoms with Gasteiger partial charge in [0.1, 0.15) is 5.58 Å². The Kier molecular flexibility index (Phi) is 3.51. The van der Waals surface area contributed by atoms with E-state index in [1.807, 2.05) is 25.1 Å². The predicted molar refractivity (Wildman–Crippen MR) is 75.3 cm³/mol. The van der Waals surface area contributed by atoms with E-state index in [9.17, 15) is 9.59 Å². The number of amides is 1. The lowest BCUT2D eigenvalue weighted by atomic mass is 10.1. The van der Waals surface area contributed by atoms with E-state index < -0.39 is 5.91 Å². The standard InChI is InChI=1S/C15H15NO3/c1-4-6-10-7-5-8-11-12(17)9(2)13(15(18)16-3)19-14(10)11/h4-8H,1-3H3,(H,16,18). The summed E-state index contributed by atoms with van der Waals surface area (Å²) in [5.74, 6) is -0.330. The van der Waals surface area contributed by atoms with Gasteiger partial charge in [-0.15, -0.1) is 0 Å². The minimum Gasteiger partial charge on any atom is -0.450 e. The van der Waals surface area contributed by atoms with E-state index in [1.54, 1.807) is 19.1 Å². The van der Waals surface area contributed by atoms with Crippen LogP contribution in [0.3, 0.4) is 0 Å². The second-order valence-electron chi connectivity index (χ2n) is 4.19. The van der Waals surface area contributed by atoms with Gasteiger partial charge in [0.15, 0.2) is 11.2 Å². The Labute approximate surface area is 110 Å². The number of allylic oxidation sites excluding steroid dienone is 1. The predicted octanol–water partition coefficient (Wildman–Crippen LogP) is 2.49. The number of para-hydroxylation sites is 1. The number of nitrogens with one attached hydrogen (secondary N) is 1. The smallest absolute Gasteiger partial charge is 0.287 e. The molecular weight excluding hydrogens is 242 g/mol. The molecule has 0 atom stereocenters. The molecule has 19 heavy (non-hydrogen) atoms. The van der Waals surface area contributed by atoms with Crippen molar-refractivity contribution in [3.8, 4) is 0 Å². The molecule has 1 amide bonds. The van der Waals surface area contributed by atoms with Gasteiger partial charge in [-0.25, -0.2) is 0 Å². The van der Waals surface area contributed by atoms with Crippen molar-refractivity contribution in [3.63, 3.8) is 0 Å². The highest BCUT2D eigenvalue weighted by Gasteiger charge is 2.17. The Bertz CT molecular complexity index is 726. The molecule has 0 saturated carbocycles. The summed E-state index contributed by atoms with van der Waals surface area (Å²) in [6.45, 7) is 3.48. The van der Waals surface area contributed by atoms with Crippen LogP contribution in [0.4, 0.5) is 0 Å². The Morgan fingerprint density at radius 2 is 2.11 bits per heavy atom. The monoisotopic (exact) mass is 257 g/mol. The maximum atomic E-state index is 12.3. The molecule has 1 aromatic carbocycles. The molecule has 0 radical (unpaired) electrons. The fourth-order valence-electron chi connectivity index (χ4n) is 1.97. The van der Waals surface area contributed by atoms with Crippen LogP contribution in [0.1, 0.15) is 28.6 Å². The van der Waals surface area contributed by atoms with Crippen LogP contribution < -0.4 is 10.7 Å². The Hall–Kier alpha value is -2.36. The summed E-state index contributed by atoms with van der Waals surface area (Å²) in [7, 11) is 1.50. The highest BCUT2D eigenvalue weighted by molar-refractivity contribution is 5.95. The summed E-state index contributed by atoms with van der Waals surface area (Å²) in [5.41, 5.74) is 1.37. The van der Waals surface area contributed by atoms with Crippen LogP contribution in [-0.4, -0.2) is 13.0 Å². The fourth-order valence-corrected chi connectivity index (χ4v) is 1.97. The molecular formula is C15H15NO3. The van der Waals surface area contributed by atoms with Crippen LogP contribution in [0.25, 0.3) is 17.0 Å². The number of rotatable bonds is 2. The van der Waals surface area contributed by atoms with Gasteiger partial charge < -0.3 is 9.73 Å². The minimum atomic E-state index is -0.396. The number of carbonyl (C=O) groups is 1. The third kappa shape index (κ3) is 2.17. The van der Waals surface area contributed by atoms with E-state index in [4.69, 9.17) is 4.42 Å². The van der Waals surface area contributed by atoms with Gasteiger partial charge in [0.05, 0.1) is 5.39 Å². The van der Waals surface area contributed by atoms with E-state index in [0.717, 1.165) is 5.56 Å². The first-order valence-corrected chi connectivity index (χ1v) is 6.01. The van der Waals surface area contributed by atoms with Gasteiger partial charge in [-0.05, 0) is 19.9 Å². The summed E-state index contributed by atoms with van der Waals surface area (Å²) >= 11 is 0. The first kappa shape index (κ1) is 13.1. The van der Waals surface area contributed by atoms with E-state index in [-0.39, 0.29) is 11.2 Å². The molecule has 0 aliphatic heterocycles. The Morgan fingerprint density at radius 3 is 2.74 bits per heavy atom. The van der Waals surface area contributed by atoms with Gasteiger partial charge in [0.2, 0.25) is 0 Å². The first-order valence-electron chi connectivity index (χ1n) is 6.01. The fraction of sp³-hybridized carbons (Fsp3) is 0.200. The molecule has 98 valence electrons. The van der Waals surface area contributed by atoms with Gasteiger partial charge in [-0.3, -0.25) is 9.59 Å². The molecule has 0 spiro atoms. The SMILES string of the molecule is CC=Cc1cccc2c(=O)c(C)c(C(=O)NC)oc12. The van der Waals surface area contributed by atoms with Gasteiger partial charge in [0.25, 0.3) is 5.91 Å². The first-order chi connectivity index (χ1) is 9.10. The lowest BCUT2D eigenvalue weighted by Gasteiger charge is -2.07. The summed E-state index contributed by atoms with van der Waals surface area (Å²) in [4.78, 5) is 24.0. The minimum absolute atomic E-state index is 0.0666. The lowest BCUT2D eigenvalue weighted by Crippen LogP contribution is -2.22. The van der Waals surface area contributed by atoms with Gasteiger partial charge in [0, 0.05) is 18.2 Å². The summed E-state index contributed by atoms with van der Waals surface area (Å²) in [6, 6.07) is 5.34. The third-order valence-corrected chi connectivity index (χ3v) is 2.95. The second kappa shape index (κ2) is 5.10. The van der Waals surface area contributed by atoms with E-state index in [2.05, 4.69) is 5.32 Å². The molecule has 0 saturated heterocycles. The summed E-state index contributed by atoms with van der Waals surface area (Å²) in [6.07, 6.45) is 3.70. The average Bonchev–Trinajstić information content (AvgIpc) is 2.42. The Balaban J connectivity index is 2.89. The largest absolute Gasteiger partial charge is 0.450 e. The Morgan fingerprint density at radius 1 is 1.37 bits per heavy atom. The van der Waals surface area contributed by atoms with Crippen molar-refractivity contribution in [2.45, 2.75) is 13.8 Å².